The van der Waals surface area contributed by atoms with Crippen LogP contribution in [0.1, 0.15) is 45.8 Å². The van der Waals surface area contributed by atoms with Gasteiger partial charge in [-0.25, -0.2) is 8.42 Å². The third-order valence-corrected chi connectivity index (χ3v) is 5.83. The van der Waals surface area contributed by atoms with Crippen LogP contribution in [-0.2, 0) is 16.6 Å². The Balaban J connectivity index is 2.22. The van der Waals surface area contributed by atoms with Crippen molar-refractivity contribution in [1.82, 2.24) is 9.62 Å². The van der Waals surface area contributed by atoms with Gasteiger partial charge in [0.05, 0.1) is 6.54 Å². The van der Waals surface area contributed by atoms with Crippen LogP contribution in [0.25, 0.3) is 0 Å². The highest BCUT2D eigenvalue weighted by Gasteiger charge is 2.37. The number of hydrogen-bond acceptors (Lipinski definition) is 4. The molecule has 20 heavy (non-hydrogen) atoms. The van der Waals surface area contributed by atoms with E-state index < -0.39 is 10.0 Å². The molecule has 1 aromatic heterocycles. The van der Waals surface area contributed by atoms with E-state index in [0.29, 0.717) is 12.3 Å². The van der Waals surface area contributed by atoms with Crippen LogP contribution in [0.2, 0.25) is 0 Å². The van der Waals surface area contributed by atoms with Gasteiger partial charge in [0.15, 0.2) is 0 Å². The van der Waals surface area contributed by atoms with E-state index >= 15 is 0 Å². The maximum atomic E-state index is 12.7. The van der Waals surface area contributed by atoms with Crippen molar-refractivity contribution in [3.05, 3.63) is 17.9 Å². The summed E-state index contributed by atoms with van der Waals surface area (Å²) in [6, 6.07) is 3.36. The lowest BCUT2D eigenvalue weighted by molar-refractivity contribution is 0.199. The number of furan rings is 1. The van der Waals surface area contributed by atoms with Gasteiger partial charge in [-0.3, -0.25) is 0 Å². The molecule has 5 nitrogen and oxygen atoms in total. The first kappa shape index (κ1) is 15.5. The van der Waals surface area contributed by atoms with E-state index in [2.05, 4.69) is 5.32 Å². The molecule has 0 saturated carbocycles. The van der Waals surface area contributed by atoms with Crippen molar-refractivity contribution in [1.29, 1.82) is 0 Å². The molecular formula is C14H24N2O3S. The molecule has 2 heterocycles. The zero-order chi connectivity index (χ0) is 14.8. The normalized spacial score (nSPS) is 24.9. The summed E-state index contributed by atoms with van der Waals surface area (Å²) in [5.74, 6) is 0.655. The number of nitrogens with one attached hydrogen (secondary N) is 1. The minimum atomic E-state index is -3.53. The molecule has 1 saturated heterocycles. The molecule has 2 unspecified atom stereocenters. The molecule has 0 aliphatic carbocycles. The van der Waals surface area contributed by atoms with Gasteiger partial charge in [0.25, 0.3) is 10.0 Å². The molecule has 1 aromatic rings. The maximum absolute atomic E-state index is 12.7. The van der Waals surface area contributed by atoms with Crippen molar-refractivity contribution >= 4 is 10.0 Å². The predicted molar refractivity (Wildman–Crippen MR) is 77.9 cm³/mol. The van der Waals surface area contributed by atoms with Gasteiger partial charge in [-0.1, -0.05) is 13.3 Å². The van der Waals surface area contributed by atoms with E-state index in [0.717, 1.165) is 25.8 Å². The Morgan fingerprint density at radius 3 is 2.55 bits per heavy atom. The van der Waals surface area contributed by atoms with E-state index in [4.69, 9.17) is 4.42 Å². The van der Waals surface area contributed by atoms with E-state index in [9.17, 15) is 8.42 Å². The Morgan fingerprint density at radius 1 is 1.30 bits per heavy atom. The number of piperidine rings is 1. The molecule has 2 atom stereocenters. The van der Waals surface area contributed by atoms with Gasteiger partial charge >= 0.3 is 0 Å². The fourth-order valence-corrected chi connectivity index (χ4v) is 4.63. The smallest absolute Gasteiger partial charge is 0.276 e. The van der Waals surface area contributed by atoms with E-state index in [-0.39, 0.29) is 17.2 Å². The summed E-state index contributed by atoms with van der Waals surface area (Å²) < 4.78 is 32.5. The standard InChI is InChI=1S/C14H24N2O3S/c1-4-15-10-13-8-9-14(19-13)20(17,18)16-11(2)6-5-7-12(16)3/h8-9,11-12,15H,4-7,10H2,1-3H3. The Bertz CT molecular complexity index is 528. The van der Waals surface area contributed by atoms with Crippen LogP contribution in [0.15, 0.2) is 21.6 Å². The van der Waals surface area contributed by atoms with Gasteiger partial charge in [0.1, 0.15) is 5.76 Å². The average molecular weight is 300 g/mol. The molecule has 1 fully saturated rings. The average Bonchev–Trinajstić information content (AvgIpc) is 2.85. The highest BCUT2D eigenvalue weighted by molar-refractivity contribution is 7.89. The van der Waals surface area contributed by atoms with Gasteiger partial charge in [0.2, 0.25) is 5.09 Å². The highest BCUT2D eigenvalue weighted by Crippen LogP contribution is 2.30. The predicted octanol–water partition coefficient (Wildman–Crippen LogP) is 2.34. The van der Waals surface area contributed by atoms with Gasteiger partial charge in [-0.2, -0.15) is 4.31 Å². The Kier molecular flexibility index (Phi) is 4.88. The Morgan fingerprint density at radius 2 is 1.95 bits per heavy atom. The van der Waals surface area contributed by atoms with E-state index in [1.54, 1.807) is 16.4 Å². The summed E-state index contributed by atoms with van der Waals surface area (Å²) in [6.07, 6.45) is 2.90. The number of rotatable bonds is 5. The molecular weight excluding hydrogens is 276 g/mol. The first-order valence-electron chi connectivity index (χ1n) is 7.29. The summed E-state index contributed by atoms with van der Waals surface area (Å²) in [6.45, 7) is 7.31. The lowest BCUT2D eigenvalue weighted by Gasteiger charge is -2.36. The van der Waals surface area contributed by atoms with Crippen LogP contribution in [0.5, 0.6) is 0 Å². The molecule has 0 radical (unpaired) electrons. The molecule has 0 aromatic carbocycles. The summed E-state index contributed by atoms with van der Waals surface area (Å²) in [5.41, 5.74) is 0. The first-order chi connectivity index (χ1) is 9.46. The first-order valence-corrected chi connectivity index (χ1v) is 8.73. The second-order valence-corrected chi connectivity index (χ2v) is 7.24. The largest absolute Gasteiger partial charge is 0.447 e. The van der Waals surface area contributed by atoms with Crippen molar-refractivity contribution in [2.75, 3.05) is 6.54 Å². The second-order valence-electron chi connectivity index (χ2n) is 5.46. The zero-order valence-corrected chi connectivity index (χ0v) is 13.2. The van der Waals surface area contributed by atoms with Crippen molar-refractivity contribution in [2.45, 2.75) is 63.8 Å². The van der Waals surface area contributed by atoms with E-state index in [1.807, 2.05) is 20.8 Å². The fraction of sp³-hybridized carbons (Fsp3) is 0.714. The maximum Gasteiger partial charge on any atom is 0.276 e. The number of sulfonamides is 1. The SMILES string of the molecule is CCNCc1ccc(S(=O)(=O)N2C(C)CCCC2C)o1. The van der Waals surface area contributed by atoms with Gasteiger partial charge in [-0.15, -0.1) is 0 Å². The monoisotopic (exact) mass is 300 g/mol. The summed E-state index contributed by atoms with van der Waals surface area (Å²) in [5, 5.41) is 3.19. The van der Waals surface area contributed by atoms with Crippen LogP contribution >= 0.6 is 0 Å². The third kappa shape index (κ3) is 3.07. The molecule has 114 valence electrons. The zero-order valence-electron chi connectivity index (χ0n) is 12.4. The molecule has 0 amide bonds. The van der Waals surface area contributed by atoms with Crippen LogP contribution in [0.3, 0.4) is 0 Å². The molecule has 0 bridgehead atoms. The van der Waals surface area contributed by atoms with Crippen molar-refractivity contribution in [3.63, 3.8) is 0 Å². The van der Waals surface area contributed by atoms with Crippen LogP contribution < -0.4 is 5.32 Å². The van der Waals surface area contributed by atoms with Gasteiger partial charge in [0, 0.05) is 12.1 Å². The summed E-state index contributed by atoms with van der Waals surface area (Å²) in [4.78, 5) is 0. The lowest BCUT2D eigenvalue weighted by Crippen LogP contribution is -2.47. The van der Waals surface area contributed by atoms with Gasteiger partial charge < -0.3 is 9.73 Å². The molecule has 1 aliphatic heterocycles. The molecule has 0 spiro atoms. The Hall–Kier alpha value is -0.850. The molecule has 2 rings (SSSR count). The molecule has 1 N–H and O–H groups in total. The van der Waals surface area contributed by atoms with Crippen molar-refractivity contribution in [2.24, 2.45) is 0 Å². The Labute approximate surface area is 121 Å². The van der Waals surface area contributed by atoms with Crippen LogP contribution in [0.4, 0.5) is 0 Å². The van der Waals surface area contributed by atoms with Crippen molar-refractivity contribution in [3.8, 4) is 0 Å². The third-order valence-electron chi connectivity index (χ3n) is 3.83. The van der Waals surface area contributed by atoms with Crippen LogP contribution in [-0.4, -0.2) is 31.4 Å². The van der Waals surface area contributed by atoms with Gasteiger partial charge in [-0.05, 0) is 45.4 Å². The van der Waals surface area contributed by atoms with Crippen molar-refractivity contribution < 1.29 is 12.8 Å². The summed E-state index contributed by atoms with van der Waals surface area (Å²) >= 11 is 0. The quantitative estimate of drug-likeness (QED) is 0.906. The summed E-state index contributed by atoms with van der Waals surface area (Å²) in [7, 11) is -3.53. The lowest BCUT2D eigenvalue weighted by atomic mass is 10.0. The fourth-order valence-electron chi connectivity index (χ4n) is 2.82. The number of hydrogen-bond donors (Lipinski definition) is 1. The van der Waals surface area contributed by atoms with E-state index in [1.165, 1.54) is 0 Å². The molecule has 6 heteroatoms. The van der Waals surface area contributed by atoms with Crippen LogP contribution in [0, 0.1) is 0 Å². The minimum absolute atomic E-state index is 0.0334. The minimum Gasteiger partial charge on any atom is -0.447 e. The molecule has 1 aliphatic rings. The highest BCUT2D eigenvalue weighted by atomic mass is 32.2. The number of nitrogens with zero attached hydrogens (tertiary/aromatic N) is 1. The topological polar surface area (TPSA) is 62.6 Å². The second kappa shape index (κ2) is 6.28.